The number of piperidine rings is 1. The van der Waals surface area contributed by atoms with Crippen molar-refractivity contribution in [2.45, 2.75) is 25.8 Å². The third-order valence-electron chi connectivity index (χ3n) is 3.48. The number of rotatable bonds is 3. The molecule has 1 saturated heterocycles. The molecule has 0 saturated carbocycles. The van der Waals surface area contributed by atoms with Gasteiger partial charge in [0.25, 0.3) is 0 Å². The molecule has 1 aliphatic rings. The molecule has 2 rings (SSSR count). The van der Waals surface area contributed by atoms with Gasteiger partial charge in [0.15, 0.2) is 0 Å². The highest BCUT2D eigenvalue weighted by atomic mass is 16.3. The molecule has 0 aromatic carbocycles. The predicted molar refractivity (Wildman–Crippen MR) is 68.9 cm³/mol. The van der Waals surface area contributed by atoms with Crippen LogP contribution in [0.15, 0.2) is 18.3 Å². The number of aliphatic hydroxyl groups is 1. The number of hydrogen-bond donors (Lipinski definition) is 2. The highest BCUT2D eigenvalue weighted by Gasteiger charge is 2.21. The molecule has 0 radical (unpaired) electrons. The summed E-state index contributed by atoms with van der Waals surface area (Å²) < 4.78 is 0. The zero-order valence-electron chi connectivity index (χ0n) is 10.3. The highest BCUT2D eigenvalue weighted by molar-refractivity contribution is 5.48. The Kier molecular flexibility index (Phi) is 3.97. The van der Waals surface area contributed by atoms with Crippen LogP contribution in [-0.4, -0.2) is 29.8 Å². The molecule has 1 aromatic heterocycles. The van der Waals surface area contributed by atoms with E-state index in [0.717, 1.165) is 37.3 Å². The Hall–Kier alpha value is -1.13. The van der Waals surface area contributed by atoms with Crippen LogP contribution in [0.4, 0.5) is 5.82 Å². The van der Waals surface area contributed by atoms with Gasteiger partial charge in [0.2, 0.25) is 0 Å². The summed E-state index contributed by atoms with van der Waals surface area (Å²) in [6.45, 7) is 4.21. The minimum Gasteiger partial charge on any atom is -0.396 e. The van der Waals surface area contributed by atoms with Gasteiger partial charge in [-0.2, -0.15) is 0 Å². The zero-order valence-corrected chi connectivity index (χ0v) is 10.3. The summed E-state index contributed by atoms with van der Waals surface area (Å²) in [4.78, 5) is 6.74. The first-order chi connectivity index (χ1) is 8.22. The summed E-state index contributed by atoms with van der Waals surface area (Å²) in [5.41, 5.74) is 7.07. The molecule has 1 aromatic rings. The maximum absolute atomic E-state index is 9.14. The molecule has 4 heteroatoms. The Morgan fingerprint density at radius 1 is 1.53 bits per heavy atom. The molecular formula is C13H21N3O. The average molecular weight is 235 g/mol. The van der Waals surface area contributed by atoms with E-state index in [9.17, 15) is 0 Å². The minimum atomic E-state index is 0.00858. The van der Waals surface area contributed by atoms with Crippen molar-refractivity contribution in [1.29, 1.82) is 0 Å². The van der Waals surface area contributed by atoms with E-state index in [0.29, 0.717) is 12.5 Å². The number of aromatic nitrogens is 1. The van der Waals surface area contributed by atoms with Crippen LogP contribution in [0.3, 0.4) is 0 Å². The molecular weight excluding hydrogens is 214 g/mol. The fourth-order valence-electron chi connectivity index (χ4n) is 2.36. The molecule has 0 spiro atoms. The lowest BCUT2D eigenvalue weighted by atomic mass is 9.97. The summed E-state index contributed by atoms with van der Waals surface area (Å²) in [7, 11) is 0. The molecule has 0 amide bonds. The maximum Gasteiger partial charge on any atom is 0.133 e. The minimum absolute atomic E-state index is 0.00858. The van der Waals surface area contributed by atoms with Gasteiger partial charge in [-0.15, -0.1) is 0 Å². The SMILES string of the molecule is C[C@H](N)c1cccnc1N1CCC(CO)CC1. The Morgan fingerprint density at radius 2 is 2.24 bits per heavy atom. The van der Waals surface area contributed by atoms with Gasteiger partial charge >= 0.3 is 0 Å². The van der Waals surface area contributed by atoms with Crippen LogP contribution in [0.25, 0.3) is 0 Å². The molecule has 94 valence electrons. The Balaban J connectivity index is 2.13. The van der Waals surface area contributed by atoms with Crippen molar-refractivity contribution in [3.63, 3.8) is 0 Å². The quantitative estimate of drug-likeness (QED) is 0.829. The number of nitrogens with two attached hydrogens (primary N) is 1. The van der Waals surface area contributed by atoms with Gasteiger partial charge in [-0.05, 0) is 31.7 Å². The molecule has 4 nitrogen and oxygen atoms in total. The number of pyridine rings is 1. The van der Waals surface area contributed by atoms with Gasteiger partial charge in [0.05, 0.1) is 0 Å². The van der Waals surface area contributed by atoms with E-state index in [1.807, 2.05) is 25.3 Å². The van der Waals surface area contributed by atoms with Crippen molar-refractivity contribution < 1.29 is 5.11 Å². The fourth-order valence-corrected chi connectivity index (χ4v) is 2.36. The molecule has 2 heterocycles. The molecule has 0 aliphatic carbocycles. The first kappa shape index (κ1) is 12.3. The largest absolute Gasteiger partial charge is 0.396 e. The van der Waals surface area contributed by atoms with Crippen LogP contribution >= 0.6 is 0 Å². The first-order valence-corrected chi connectivity index (χ1v) is 6.28. The number of hydrogen-bond acceptors (Lipinski definition) is 4. The Morgan fingerprint density at radius 3 is 2.82 bits per heavy atom. The third-order valence-corrected chi connectivity index (χ3v) is 3.48. The molecule has 1 aliphatic heterocycles. The van der Waals surface area contributed by atoms with Gasteiger partial charge in [-0.3, -0.25) is 0 Å². The number of nitrogens with zero attached hydrogens (tertiary/aromatic N) is 2. The van der Waals surface area contributed by atoms with E-state index < -0.39 is 0 Å². The molecule has 1 atom stereocenters. The second kappa shape index (κ2) is 5.47. The van der Waals surface area contributed by atoms with Gasteiger partial charge in [-0.25, -0.2) is 4.98 Å². The van der Waals surface area contributed by atoms with Crippen LogP contribution in [0.5, 0.6) is 0 Å². The van der Waals surface area contributed by atoms with Crippen molar-refractivity contribution >= 4 is 5.82 Å². The fraction of sp³-hybridized carbons (Fsp3) is 0.615. The molecule has 1 fully saturated rings. The average Bonchev–Trinajstić information content (AvgIpc) is 2.39. The van der Waals surface area contributed by atoms with Crippen LogP contribution in [-0.2, 0) is 0 Å². The Labute approximate surface area is 102 Å². The standard InChI is InChI=1S/C13H21N3O/c1-10(14)12-3-2-6-15-13(12)16-7-4-11(9-17)5-8-16/h2-3,6,10-11,17H,4-5,7-9,14H2,1H3/t10-/m0/s1. The lowest BCUT2D eigenvalue weighted by Crippen LogP contribution is -2.36. The number of aliphatic hydroxyl groups excluding tert-OH is 1. The van der Waals surface area contributed by atoms with Crippen LogP contribution in [0.1, 0.15) is 31.4 Å². The van der Waals surface area contributed by atoms with E-state index in [2.05, 4.69) is 9.88 Å². The van der Waals surface area contributed by atoms with Gasteiger partial charge in [0, 0.05) is 37.5 Å². The lowest BCUT2D eigenvalue weighted by molar-refractivity contribution is 0.202. The molecule has 17 heavy (non-hydrogen) atoms. The van der Waals surface area contributed by atoms with E-state index in [1.165, 1.54) is 0 Å². The third kappa shape index (κ3) is 2.76. The second-order valence-corrected chi connectivity index (χ2v) is 4.82. The maximum atomic E-state index is 9.14. The lowest BCUT2D eigenvalue weighted by Gasteiger charge is -2.33. The van der Waals surface area contributed by atoms with Gasteiger partial charge in [-0.1, -0.05) is 6.07 Å². The van der Waals surface area contributed by atoms with Crippen molar-refractivity contribution in [1.82, 2.24) is 4.98 Å². The van der Waals surface area contributed by atoms with E-state index in [-0.39, 0.29) is 6.04 Å². The zero-order chi connectivity index (χ0) is 12.3. The molecule has 3 N–H and O–H groups in total. The summed E-state index contributed by atoms with van der Waals surface area (Å²) in [6.07, 6.45) is 3.89. The van der Waals surface area contributed by atoms with Crippen molar-refractivity contribution in [2.24, 2.45) is 11.7 Å². The first-order valence-electron chi connectivity index (χ1n) is 6.28. The van der Waals surface area contributed by atoms with E-state index in [1.54, 1.807) is 0 Å². The van der Waals surface area contributed by atoms with E-state index in [4.69, 9.17) is 10.8 Å². The second-order valence-electron chi connectivity index (χ2n) is 4.82. The van der Waals surface area contributed by atoms with Crippen LogP contribution in [0.2, 0.25) is 0 Å². The molecule has 0 bridgehead atoms. The summed E-state index contributed by atoms with van der Waals surface area (Å²) in [6, 6.07) is 3.99. The smallest absolute Gasteiger partial charge is 0.133 e. The monoisotopic (exact) mass is 235 g/mol. The topological polar surface area (TPSA) is 62.4 Å². The van der Waals surface area contributed by atoms with Crippen molar-refractivity contribution in [3.8, 4) is 0 Å². The predicted octanol–water partition coefficient (Wildman–Crippen LogP) is 1.31. The van der Waals surface area contributed by atoms with Crippen molar-refractivity contribution in [2.75, 3.05) is 24.6 Å². The highest BCUT2D eigenvalue weighted by Crippen LogP contribution is 2.26. The summed E-state index contributed by atoms with van der Waals surface area (Å²) in [5, 5.41) is 9.14. The number of anilines is 1. The summed E-state index contributed by atoms with van der Waals surface area (Å²) in [5.74, 6) is 1.47. The van der Waals surface area contributed by atoms with Gasteiger partial charge < -0.3 is 15.7 Å². The van der Waals surface area contributed by atoms with Crippen LogP contribution in [0, 0.1) is 5.92 Å². The molecule has 0 unspecified atom stereocenters. The normalized spacial score (nSPS) is 19.4. The summed E-state index contributed by atoms with van der Waals surface area (Å²) >= 11 is 0. The Bertz CT molecular complexity index is 359. The van der Waals surface area contributed by atoms with Crippen molar-refractivity contribution in [3.05, 3.63) is 23.9 Å². The van der Waals surface area contributed by atoms with Crippen LogP contribution < -0.4 is 10.6 Å². The van der Waals surface area contributed by atoms with E-state index >= 15 is 0 Å². The van der Waals surface area contributed by atoms with Gasteiger partial charge in [0.1, 0.15) is 5.82 Å².